The minimum atomic E-state index is -4.48. The van der Waals surface area contributed by atoms with Gasteiger partial charge in [-0.05, 0) is 45.0 Å². The van der Waals surface area contributed by atoms with E-state index in [1.165, 1.54) is 12.3 Å². The number of hydrogen-bond acceptors (Lipinski definition) is 7. The van der Waals surface area contributed by atoms with Crippen molar-refractivity contribution in [1.29, 1.82) is 0 Å². The first-order valence-electron chi connectivity index (χ1n) is 9.58. The van der Waals surface area contributed by atoms with Crippen molar-refractivity contribution in [3.8, 4) is 6.01 Å². The molecule has 0 spiro atoms. The molecule has 2 aromatic heterocycles. The largest absolute Gasteiger partial charge is 0.462 e. The lowest BCUT2D eigenvalue weighted by molar-refractivity contribution is -0.137. The van der Waals surface area contributed by atoms with Gasteiger partial charge in [0.2, 0.25) is 0 Å². The molecular formula is C19H23F3N6O. The fourth-order valence-corrected chi connectivity index (χ4v) is 3.91. The molecule has 0 amide bonds. The van der Waals surface area contributed by atoms with Crippen LogP contribution >= 0.6 is 0 Å². The van der Waals surface area contributed by atoms with Crippen molar-refractivity contribution >= 4 is 11.6 Å². The maximum absolute atomic E-state index is 13.4. The van der Waals surface area contributed by atoms with Crippen LogP contribution in [0.5, 0.6) is 6.01 Å². The van der Waals surface area contributed by atoms with Crippen LogP contribution in [0.2, 0.25) is 0 Å². The fourth-order valence-electron chi connectivity index (χ4n) is 3.91. The summed E-state index contributed by atoms with van der Waals surface area (Å²) in [4.78, 5) is 16.5. The third-order valence-corrected chi connectivity index (χ3v) is 5.54. The SMILES string of the molecule is CN1CCC[C@H]1COc1nc(N)c2c(n1)CN(c1ncccc1C(F)(F)F)CC2. The van der Waals surface area contributed by atoms with Crippen LogP contribution in [0.4, 0.5) is 24.8 Å². The summed E-state index contributed by atoms with van der Waals surface area (Å²) < 4.78 is 45.9. The van der Waals surface area contributed by atoms with Crippen LogP contribution in [0.25, 0.3) is 0 Å². The molecule has 156 valence electrons. The molecule has 0 radical (unpaired) electrons. The monoisotopic (exact) mass is 408 g/mol. The van der Waals surface area contributed by atoms with Gasteiger partial charge in [0.1, 0.15) is 18.2 Å². The molecule has 1 saturated heterocycles. The lowest BCUT2D eigenvalue weighted by atomic mass is 10.0. The van der Waals surface area contributed by atoms with Crippen LogP contribution in [0.3, 0.4) is 0 Å². The summed E-state index contributed by atoms with van der Waals surface area (Å²) in [6.45, 7) is 2.01. The van der Waals surface area contributed by atoms with E-state index < -0.39 is 11.7 Å². The Morgan fingerprint density at radius 1 is 1.28 bits per heavy atom. The van der Waals surface area contributed by atoms with E-state index in [0.717, 1.165) is 31.0 Å². The first kappa shape index (κ1) is 19.7. The Morgan fingerprint density at radius 2 is 2.10 bits per heavy atom. The normalized spacial score (nSPS) is 20.0. The number of halogens is 3. The average Bonchev–Trinajstić information content (AvgIpc) is 3.10. The Balaban J connectivity index is 1.55. The number of nitrogens with two attached hydrogens (primary N) is 1. The molecule has 2 aromatic rings. The van der Waals surface area contributed by atoms with Crippen LogP contribution in [0.1, 0.15) is 29.7 Å². The predicted octanol–water partition coefficient (Wildman–Crippen LogP) is 2.51. The molecule has 4 rings (SSSR count). The van der Waals surface area contributed by atoms with Crippen molar-refractivity contribution in [2.45, 2.75) is 38.0 Å². The maximum atomic E-state index is 13.4. The number of aromatic nitrogens is 3. The Bertz CT molecular complexity index is 891. The van der Waals surface area contributed by atoms with Crippen molar-refractivity contribution in [1.82, 2.24) is 19.9 Å². The lowest BCUT2D eigenvalue weighted by Gasteiger charge is -2.31. The second-order valence-electron chi connectivity index (χ2n) is 7.45. The number of pyridine rings is 1. The topological polar surface area (TPSA) is 80.4 Å². The fraction of sp³-hybridized carbons (Fsp3) is 0.526. The van der Waals surface area contributed by atoms with E-state index in [2.05, 4.69) is 19.9 Å². The third kappa shape index (κ3) is 4.07. The van der Waals surface area contributed by atoms with Gasteiger partial charge in [-0.3, -0.25) is 0 Å². The summed E-state index contributed by atoms with van der Waals surface area (Å²) in [6, 6.07) is 2.80. The standard InChI is InChI=1S/C19H23F3N6O/c1-27-8-3-4-12(27)11-29-18-25-15-10-28(9-6-13(15)16(23)26-18)17-14(19(20,21)22)5-2-7-24-17/h2,5,7,12H,3-4,6,8-11H2,1H3,(H2,23,25,26)/t12-/m0/s1. The number of rotatable bonds is 4. The van der Waals surface area contributed by atoms with Gasteiger partial charge < -0.3 is 20.3 Å². The summed E-state index contributed by atoms with van der Waals surface area (Å²) in [7, 11) is 2.05. The number of likely N-dealkylation sites (tertiary alicyclic amines) is 1. The summed E-state index contributed by atoms with van der Waals surface area (Å²) in [6.07, 6.45) is -0.499. The predicted molar refractivity (Wildman–Crippen MR) is 102 cm³/mol. The molecule has 2 aliphatic rings. The molecule has 2 N–H and O–H groups in total. The molecule has 29 heavy (non-hydrogen) atoms. The van der Waals surface area contributed by atoms with Gasteiger partial charge in [-0.1, -0.05) is 0 Å². The van der Waals surface area contributed by atoms with Crippen molar-refractivity contribution in [3.05, 3.63) is 35.2 Å². The molecule has 0 saturated carbocycles. The van der Waals surface area contributed by atoms with Crippen molar-refractivity contribution in [3.63, 3.8) is 0 Å². The number of nitrogen functional groups attached to an aromatic ring is 1. The highest BCUT2D eigenvalue weighted by molar-refractivity contribution is 5.53. The molecule has 0 unspecified atom stereocenters. The highest BCUT2D eigenvalue weighted by atomic mass is 19.4. The summed E-state index contributed by atoms with van der Waals surface area (Å²) >= 11 is 0. The van der Waals surface area contributed by atoms with Gasteiger partial charge in [-0.25, -0.2) is 4.98 Å². The van der Waals surface area contributed by atoms with Gasteiger partial charge in [0, 0.05) is 24.3 Å². The first-order chi connectivity index (χ1) is 13.8. The Hall–Kier alpha value is -2.62. The van der Waals surface area contributed by atoms with Gasteiger partial charge in [0.15, 0.2) is 0 Å². The van der Waals surface area contributed by atoms with E-state index in [9.17, 15) is 13.2 Å². The van der Waals surface area contributed by atoms with Crippen molar-refractivity contribution < 1.29 is 17.9 Å². The lowest BCUT2D eigenvalue weighted by Crippen LogP contribution is -2.34. The number of anilines is 2. The highest BCUT2D eigenvalue weighted by Gasteiger charge is 2.36. The van der Waals surface area contributed by atoms with E-state index in [1.807, 2.05) is 7.05 Å². The Labute approximate surface area is 166 Å². The number of nitrogens with zero attached hydrogens (tertiary/aromatic N) is 5. The van der Waals surface area contributed by atoms with E-state index in [1.54, 1.807) is 4.90 Å². The van der Waals surface area contributed by atoms with Crippen LogP contribution < -0.4 is 15.4 Å². The quantitative estimate of drug-likeness (QED) is 0.833. The number of fused-ring (bicyclic) bond motifs is 1. The van der Waals surface area contributed by atoms with Gasteiger partial charge in [0.25, 0.3) is 0 Å². The number of hydrogen-bond donors (Lipinski definition) is 1. The number of ether oxygens (including phenoxy) is 1. The van der Waals surface area contributed by atoms with Crippen LogP contribution in [0, 0.1) is 0 Å². The Morgan fingerprint density at radius 3 is 2.83 bits per heavy atom. The van der Waals surface area contributed by atoms with Crippen LogP contribution in [-0.2, 0) is 19.1 Å². The first-order valence-corrected chi connectivity index (χ1v) is 9.58. The maximum Gasteiger partial charge on any atom is 0.419 e. The molecular weight excluding hydrogens is 385 g/mol. The summed E-state index contributed by atoms with van der Waals surface area (Å²) in [5.41, 5.74) is 6.66. The molecule has 7 nitrogen and oxygen atoms in total. The van der Waals surface area contributed by atoms with Crippen LogP contribution in [0.15, 0.2) is 18.3 Å². The smallest absolute Gasteiger partial charge is 0.419 e. The molecule has 0 bridgehead atoms. The second-order valence-corrected chi connectivity index (χ2v) is 7.45. The van der Waals surface area contributed by atoms with E-state index in [4.69, 9.17) is 10.5 Å². The molecule has 2 aliphatic heterocycles. The summed E-state index contributed by atoms with van der Waals surface area (Å²) in [5, 5.41) is 0. The van der Waals surface area contributed by atoms with Gasteiger partial charge >= 0.3 is 12.2 Å². The molecule has 1 atom stereocenters. The molecule has 4 heterocycles. The van der Waals surface area contributed by atoms with E-state index in [0.29, 0.717) is 37.1 Å². The van der Waals surface area contributed by atoms with Gasteiger partial charge in [-0.2, -0.15) is 23.1 Å². The number of likely N-dealkylation sites (N-methyl/N-ethyl adjacent to an activating group) is 1. The molecule has 10 heteroatoms. The zero-order valence-corrected chi connectivity index (χ0v) is 16.1. The third-order valence-electron chi connectivity index (χ3n) is 5.54. The minimum absolute atomic E-state index is 0.0992. The summed E-state index contributed by atoms with van der Waals surface area (Å²) in [5.74, 6) is 0.222. The average molecular weight is 408 g/mol. The van der Waals surface area contributed by atoms with Gasteiger partial charge in [0.05, 0.1) is 17.8 Å². The second kappa shape index (κ2) is 7.66. The molecule has 1 fully saturated rings. The van der Waals surface area contributed by atoms with Crippen molar-refractivity contribution in [2.75, 3.05) is 37.4 Å². The zero-order chi connectivity index (χ0) is 20.6. The molecule has 0 aromatic carbocycles. The van der Waals surface area contributed by atoms with E-state index in [-0.39, 0.29) is 18.4 Å². The van der Waals surface area contributed by atoms with Crippen LogP contribution in [-0.4, -0.2) is 52.6 Å². The zero-order valence-electron chi connectivity index (χ0n) is 16.1. The molecule has 0 aliphatic carbocycles. The highest BCUT2D eigenvalue weighted by Crippen LogP contribution is 2.37. The number of alkyl halides is 3. The van der Waals surface area contributed by atoms with Gasteiger partial charge in [-0.15, -0.1) is 0 Å². The van der Waals surface area contributed by atoms with E-state index >= 15 is 0 Å². The van der Waals surface area contributed by atoms with Crippen molar-refractivity contribution in [2.24, 2.45) is 0 Å². The minimum Gasteiger partial charge on any atom is -0.462 e. The Kier molecular flexibility index (Phi) is 5.20.